The summed E-state index contributed by atoms with van der Waals surface area (Å²) in [7, 11) is 0. The lowest BCUT2D eigenvalue weighted by Gasteiger charge is -2.51. The SMILES string of the molecule is Cc1ccc(C)c(N2C(S)=C(C#N)C(=O)NC23CCC(C)CC3)c1. The highest BCUT2D eigenvalue weighted by atomic mass is 32.1. The molecule has 0 saturated heterocycles. The molecule has 2 aliphatic rings. The van der Waals surface area contributed by atoms with Crippen molar-refractivity contribution in [3.63, 3.8) is 0 Å². The van der Waals surface area contributed by atoms with Crippen LogP contribution in [-0.2, 0) is 4.79 Å². The van der Waals surface area contributed by atoms with Gasteiger partial charge in [-0.15, -0.1) is 12.6 Å². The number of hydrogen-bond acceptors (Lipinski definition) is 4. The largest absolute Gasteiger partial charge is 0.328 e. The van der Waals surface area contributed by atoms with E-state index in [1.54, 1.807) is 0 Å². The highest BCUT2D eigenvalue weighted by Crippen LogP contribution is 2.44. The first-order chi connectivity index (χ1) is 11.4. The van der Waals surface area contributed by atoms with Crippen LogP contribution in [0.2, 0.25) is 0 Å². The maximum Gasteiger partial charge on any atom is 0.266 e. The van der Waals surface area contributed by atoms with E-state index in [1.165, 1.54) is 0 Å². The predicted octanol–water partition coefficient (Wildman–Crippen LogP) is 3.81. The average molecular weight is 341 g/mol. The molecule has 0 unspecified atom stereocenters. The number of carbonyl (C=O) groups excluding carboxylic acids is 1. The molecule has 126 valence electrons. The van der Waals surface area contributed by atoms with Crippen molar-refractivity contribution < 1.29 is 4.79 Å². The molecule has 0 atom stereocenters. The van der Waals surface area contributed by atoms with Gasteiger partial charge in [0.25, 0.3) is 5.91 Å². The molecule has 1 aliphatic heterocycles. The van der Waals surface area contributed by atoms with Gasteiger partial charge >= 0.3 is 0 Å². The zero-order valence-corrected chi connectivity index (χ0v) is 15.3. The Labute approximate surface area is 148 Å². The van der Waals surface area contributed by atoms with Crippen molar-refractivity contribution in [3.8, 4) is 6.07 Å². The van der Waals surface area contributed by atoms with Crippen molar-refractivity contribution in [1.82, 2.24) is 5.32 Å². The maximum absolute atomic E-state index is 12.5. The van der Waals surface area contributed by atoms with E-state index in [-0.39, 0.29) is 11.5 Å². The normalized spacial score (nSPS) is 27.2. The van der Waals surface area contributed by atoms with Gasteiger partial charge in [-0.2, -0.15) is 5.26 Å². The van der Waals surface area contributed by atoms with Crippen LogP contribution < -0.4 is 10.2 Å². The molecular formula is C19H23N3OS. The number of benzene rings is 1. The first kappa shape index (κ1) is 16.9. The van der Waals surface area contributed by atoms with E-state index in [4.69, 9.17) is 0 Å². The summed E-state index contributed by atoms with van der Waals surface area (Å²) >= 11 is 4.61. The molecule has 1 aromatic rings. The van der Waals surface area contributed by atoms with Crippen molar-refractivity contribution in [2.24, 2.45) is 5.92 Å². The fourth-order valence-electron chi connectivity index (χ4n) is 3.74. The highest BCUT2D eigenvalue weighted by molar-refractivity contribution is 7.84. The predicted molar refractivity (Wildman–Crippen MR) is 98.5 cm³/mol. The fraction of sp³-hybridized carbons (Fsp3) is 0.474. The number of aryl methyl sites for hydroxylation is 2. The van der Waals surface area contributed by atoms with Crippen LogP contribution in [0, 0.1) is 31.1 Å². The summed E-state index contributed by atoms with van der Waals surface area (Å²) in [4.78, 5) is 14.5. The van der Waals surface area contributed by atoms with Gasteiger partial charge in [-0.05, 0) is 62.6 Å². The van der Waals surface area contributed by atoms with Gasteiger partial charge in [-0.25, -0.2) is 0 Å². The van der Waals surface area contributed by atoms with E-state index in [0.717, 1.165) is 42.5 Å². The van der Waals surface area contributed by atoms with Crippen LogP contribution in [-0.4, -0.2) is 11.6 Å². The number of anilines is 1. The lowest BCUT2D eigenvalue weighted by molar-refractivity contribution is -0.120. The number of rotatable bonds is 1. The summed E-state index contributed by atoms with van der Waals surface area (Å²) in [5, 5.41) is 13.0. The molecule has 1 aromatic carbocycles. The Morgan fingerprint density at radius 3 is 2.62 bits per heavy atom. The number of nitrogens with one attached hydrogen (secondary N) is 1. The van der Waals surface area contributed by atoms with Gasteiger partial charge in [0.15, 0.2) is 0 Å². The van der Waals surface area contributed by atoms with Gasteiger partial charge < -0.3 is 10.2 Å². The smallest absolute Gasteiger partial charge is 0.266 e. The van der Waals surface area contributed by atoms with E-state index < -0.39 is 5.66 Å². The van der Waals surface area contributed by atoms with Crippen LogP contribution in [0.4, 0.5) is 5.69 Å². The summed E-state index contributed by atoms with van der Waals surface area (Å²) in [6.45, 7) is 6.35. The molecule has 3 rings (SSSR count). The second-order valence-electron chi connectivity index (χ2n) is 7.10. The molecule has 1 N–H and O–H groups in total. The van der Waals surface area contributed by atoms with E-state index in [1.807, 2.05) is 13.0 Å². The third kappa shape index (κ3) is 2.69. The van der Waals surface area contributed by atoms with Crippen LogP contribution in [0.25, 0.3) is 0 Å². The average Bonchev–Trinajstić information content (AvgIpc) is 2.54. The van der Waals surface area contributed by atoms with Crippen molar-refractivity contribution in [3.05, 3.63) is 39.9 Å². The van der Waals surface area contributed by atoms with Gasteiger partial charge in [-0.1, -0.05) is 19.1 Å². The lowest BCUT2D eigenvalue weighted by atomic mass is 9.80. The minimum absolute atomic E-state index is 0.0866. The molecule has 24 heavy (non-hydrogen) atoms. The Bertz CT molecular complexity index is 754. The van der Waals surface area contributed by atoms with Crippen LogP contribution in [0.1, 0.15) is 43.7 Å². The molecule has 1 fully saturated rings. The Morgan fingerprint density at radius 2 is 2.00 bits per heavy atom. The maximum atomic E-state index is 12.5. The van der Waals surface area contributed by atoms with E-state index >= 15 is 0 Å². The Kier molecular flexibility index (Phi) is 4.35. The minimum Gasteiger partial charge on any atom is -0.328 e. The number of nitriles is 1. The van der Waals surface area contributed by atoms with E-state index in [9.17, 15) is 10.1 Å². The van der Waals surface area contributed by atoms with Crippen molar-refractivity contribution >= 4 is 24.2 Å². The molecule has 0 bridgehead atoms. The highest BCUT2D eigenvalue weighted by Gasteiger charge is 2.47. The molecule has 1 heterocycles. The first-order valence-electron chi connectivity index (χ1n) is 8.41. The zero-order chi connectivity index (χ0) is 17.5. The third-order valence-electron chi connectivity index (χ3n) is 5.26. The lowest BCUT2D eigenvalue weighted by Crippen LogP contribution is -2.65. The van der Waals surface area contributed by atoms with Gasteiger partial charge in [0.2, 0.25) is 0 Å². The topological polar surface area (TPSA) is 56.1 Å². The van der Waals surface area contributed by atoms with Gasteiger partial charge in [-0.3, -0.25) is 4.79 Å². The van der Waals surface area contributed by atoms with Gasteiger partial charge in [0.1, 0.15) is 17.3 Å². The zero-order valence-electron chi connectivity index (χ0n) is 14.4. The monoisotopic (exact) mass is 341 g/mol. The quantitative estimate of drug-likeness (QED) is 0.764. The summed E-state index contributed by atoms with van der Waals surface area (Å²) in [5.74, 6) is 0.344. The van der Waals surface area contributed by atoms with Crippen LogP contribution in [0.5, 0.6) is 0 Å². The molecule has 1 amide bonds. The fourth-order valence-corrected chi connectivity index (χ4v) is 4.19. The Balaban J connectivity index is 2.19. The number of amides is 1. The number of thiol groups is 1. The molecule has 1 spiro atoms. The second-order valence-corrected chi connectivity index (χ2v) is 7.53. The van der Waals surface area contributed by atoms with Gasteiger partial charge in [0.05, 0.1) is 5.03 Å². The molecule has 4 nitrogen and oxygen atoms in total. The summed E-state index contributed by atoms with van der Waals surface area (Å²) in [6, 6.07) is 8.28. The number of carbonyl (C=O) groups is 1. The van der Waals surface area contributed by atoms with Crippen LogP contribution in [0.15, 0.2) is 28.8 Å². The molecule has 1 aliphatic carbocycles. The van der Waals surface area contributed by atoms with Crippen molar-refractivity contribution in [2.75, 3.05) is 4.90 Å². The van der Waals surface area contributed by atoms with E-state index in [0.29, 0.717) is 10.9 Å². The summed E-state index contributed by atoms with van der Waals surface area (Å²) < 4.78 is 0. The summed E-state index contributed by atoms with van der Waals surface area (Å²) in [6.07, 6.45) is 3.81. The first-order valence-corrected chi connectivity index (χ1v) is 8.86. The second kappa shape index (κ2) is 6.18. The molecule has 0 aromatic heterocycles. The van der Waals surface area contributed by atoms with Crippen LogP contribution >= 0.6 is 12.6 Å². The third-order valence-corrected chi connectivity index (χ3v) is 5.68. The number of nitrogens with zero attached hydrogens (tertiary/aromatic N) is 2. The molecule has 5 heteroatoms. The molecule has 0 radical (unpaired) electrons. The molecule has 1 saturated carbocycles. The van der Waals surface area contributed by atoms with Gasteiger partial charge in [0, 0.05) is 5.69 Å². The Hall–Kier alpha value is -1.93. The standard InChI is InChI=1S/C19H23N3OS/c1-12-6-8-19(9-7-12)21-17(23)15(11-20)18(24)22(19)16-10-13(2)4-5-14(16)3/h4-5,10,12,24H,6-9H2,1-3H3,(H,21,23). The molecular weight excluding hydrogens is 318 g/mol. The Morgan fingerprint density at radius 1 is 1.33 bits per heavy atom. The van der Waals surface area contributed by atoms with E-state index in [2.05, 4.69) is 54.9 Å². The summed E-state index contributed by atoms with van der Waals surface area (Å²) in [5.41, 5.74) is 2.87. The minimum atomic E-state index is -0.487. The van der Waals surface area contributed by atoms with Crippen molar-refractivity contribution in [1.29, 1.82) is 5.26 Å². The van der Waals surface area contributed by atoms with Crippen molar-refractivity contribution in [2.45, 2.75) is 52.1 Å². The van der Waals surface area contributed by atoms with Crippen LogP contribution in [0.3, 0.4) is 0 Å². The number of hydrogen-bond donors (Lipinski definition) is 2.